The van der Waals surface area contributed by atoms with Gasteiger partial charge in [-0.1, -0.05) is 0 Å². The van der Waals surface area contributed by atoms with Crippen molar-refractivity contribution in [2.75, 3.05) is 37.4 Å². The topological polar surface area (TPSA) is 84.4 Å². The third-order valence-corrected chi connectivity index (χ3v) is 4.87. The van der Waals surface area contributed by atoms with Crippen molar-refractivity contribution in [1.82, 2.24) is 14.7 Å². The number of ether oxygens (including phenoxy) is 1. The van der Waals surface area contributed by atoms with Crippen molar-refractivity contribution in [3.05, 3.63) is 18.5 Å². The van der Waals surface area contributed by atoms with Gasteiger partial charge in [-0.25, -0.2) is 23.1 Å². The Bertz CT molecular complexity index is 580. The normalized spacial score (nSPS) is 29.4. The van der Waals surface area contributed by atoms with E-state index >= 15 is 0 Å². The molecule has 0 amide bonds. The number of hydrogen-bond donors (Lipinski definition) is 1. The van der Waals surface area contributed by atoms with Gasteiger partial charge in [0, 0.05) is 37.9 Å². The van der Waals surface area contributed by atoms with Gasteiger partial charge in [-0.05, 0) is 18.4 Å². The van der Waals surface area contributed by atoms with E-state index in [1.807, 2.05) is 6.07 Å². The van der Waals surface area contributed by atoms with Crippen LogP contribution in [0.3, 0.4) is 0 Å². The standard InChI is InChI=1S/C13H20N4O3S/c1-21(18,19)16-7-12-11-3-6-17(8-10(11)9-20-12)13-14-4-2-5-15-13/h2,4-5,10-12,16H,3,6-9H2,1H3/t10-,11-,12-/m0/s1. The van der Waals surface area contributed by atoms with Crippen LogP contribution in [0.4, 0.5) is 5.95 Å². The van der Waals surface area contributed by atoms with Crippen LogP contribution in [-0.4, -0.2) is 57.0 Å². The van der Waals surface area contributed by atoms with Crippen LogP contribution in [0.1, 0.15) is 6.42 Å². The van der Waals surface area contributed by atoms with E-state index in [2.05, 4.69) is 19.6 Å². The van der Waals surface area contributed by atoms with Gasteiger partial charge in [-0.3, -0.25) is 0 Å². The Balaban J connectivity index is 1.60. The summed E-state index contributed by atoms with van der Waals surface area (Å²) in [6, 6.07) is 1.81. The first-order valence-electron chi connectivity index (χ1n) is 7.11. The number of nitrogens with zero attached hydrogens (tertiary/aromatic N) is 3. The lowest BCUT2D eigenvalue weighted by Crippen LogP contribution is -2.44. The highest BCUT2D eigenvalue weighted by Gasteiger charge is 2.41. The Kier molecular flexibility index (Phi) is 4.10. The van der Waals surface area contributed by atoms with Crippen molar-refractivity contribution in [3.8, 4) is 0 Å². The van der Waals surface area contributed by atoms with Gasteiger partial charge in [0.05, 0.1) is 19.0 Å². The minimum atomic E-state index is -3.16. The van der Waals surface area contributed by atoms with Gasteiger partial charge in [0.1, 0.15) is 0 Å². The summed E-state index contributed by atoms with van der Waals surface area (Å²) in [5.41, 5.74) is 0. The predicted octanol–water partition coefficient (Wildman–Crippen LogP) is -0.133. The molecular weight excluding hydrogens is 292 g/mol. The molecule has 0 unspecified atom stereocenters. The number of hydrogen-bond acceptors (Lipinski definition) is 6. The minimum absolute atomic E-state index is 0.0245. The van der Waals surface area contributed by atoms with Crippen molar-refractivity contribution >= 4 is 16.0 Å². The Hall–Kier alpha value is -1.25. The predicted molar refractivity (Wildman–Crippen MR) is 78.4 cm³/mol. The van der Waals surface area contributed by atoms with Crippen LogP contribution in [-0.2, 0) is 14.8 Å². The molecule has 2 fully saturated rings. The van der Waals surface area contributed by atoms with Crippen molar-refractivity contribution in [1.29, 1.82) is 0 Å². The van der Waals surface area contributed by atoms with Gasteiger partial charge in [0.25, 0.3) is 0 Å². The van der Waals surface area contributed by atoms with Crippen LogP contribution in [0.5, 0.6) is 0 Å². The van der Waals surface area contributed by atoms with Crippen molar-refractivity contribution in [2.24, 2.45) is 11.8 Å². The average Bonchev–Trinajstić information content (AvgIpc) is 2.87. The first-order valence-corrected chi connectivity index (χ1v) is 9.00. The fourth-order valence-electron chi connectivity index (χ4n) is 3.17. The summed E-state index contributed by atoms with van der Waals surface area (Å²) in [6.07, 6.45) is 5.62. The van der Waals surface area contributed by atoms with Crippen molar-refractivity contribution < 1.29 is 13.2 Å². The Labute approximate surface area is 124 Å². The zero-order chi connectivity index (χ0) is 14.9. The largest absolute Gasteiger partial charge is 0.376 e. The molecule has 116 valence electrons. The molecule has 2 aliphatic rings. The first-order chi connectivity index (χ1) is 10.0. The van der Waals surface area contributed by atoms with Crippen molar-refractivity contribution in [2.45, 2.75) is 12.5 Å². The van der Waals surface area contributed by atoms with Gasteiger partial charge < -0.3 is 9.64 Å². The Morgan fingerprint density at radius 3 is 2.90 bits per heavy atom. The smallest absolute Gasteiger partial charge is 0.225 e. The van der Waals surface area contributed by atoms with E-state index in [-0.39, 0.29) is 6.10 Å². The lowest BCUT2D eigenvalue weighted by Gasteiger charge is -2.35. The molecule has 2 aliphatic heterocycles. The molecule has 8 heteroatoms. The molecule has 3 atom stereocenters. The number of nitrogens with one attached hydrogen (secondary N) is 1. The molecule has 0 aromatic carbocycles. The number of sulfonamides is 1. The van der Waals surface area contributed by atoms with Gasteiger partial charge in [0.2, 0.25) is 16.0 Å². The van der Waals surface area contributed by atoms with Gasteiger partial charge in [0.15, 0.2) is 0 Å². The molecule has 1 N–H and O–H groups in total. The first kappa shape index (κ1) is 14.7. The highest BCUT2D eigenvalue weighted by molar-refractivity contribution is 7.88. The number of rotatable bonds is 4. The number of anilines is 1. The van der Waals surface area contributed by atoms with Crippen LogP contribution >= 0.6 is 0 Å². The molecule has 0 bridgehead atoms. The quantitative estimate of drug-likeness (QED) is 0.833. The highest BCUT2D eigenvalue weighted by atomic mass is 32.2. The molecule has 2 saturated heterocycles. The maximum absolute atomic E-state index is 11.2. The molecule has 0 spiro atoms. The second-order valence-corrected chi connectivity index (χ2v) is 7.53. The number of fused-ring (bicyclic) bond motifs is 1. The van der Waals surface area contributed by atoms with E-state index in [1.54, 1.807) is 12.4 Å². The minimum Gasteiger partial charge on any atom is -0.376 e. The maximum Gasteiger partial charge on any atom is 0.225 e. The van der Waals surface area contributed by atoms with Gasteiger partial charge in [-0.15, -0.1) is 0 Å². The summed E-state index contributed by atoms with van der Waals surface area (Å²) < 4.78 is 30.7. The molecule has 21 heavy (non-hydrogen) atoms. The zero-order valence-electron chi connectivity index (χ0n) is 12.0. The summed E-state index contributed by atoms with van der Waals surface area (Å²) in [6.45, 7) is 2.78. The second-order valence-electron chi connectivity index (χ2n) is 5.70. The van der Waals surface area contributed by atoms with Crippen molar-refractivity contribution in [3.63, 3.8) is 0 Å². The molecule has 0 aliphatic carbocycles. The third kappa shape index (κ3) is 3.50. The van der Waals surface area contributed by atoms with Crippen LogP contribution in [0, 0.1) is 11.8 Å². The van der Waals surface area contributed by atoms with Crippen LogP contribution in [0.2, 0.25) is 0 Å². The summed E-state index contributed by atoms with van der Waals surface area (Å²) in [7, 11) is -3.16. The maximum atomic E-state index is 11.2. The van der Waals surface area contributed by atoms with Crippen LogP contribution in [0.25, 0.3) is 0 Å². The lowest BCUT2D eigenvalue weighted by atomic mass is 9.84. The van der Waals surface area contributed by atoms with E-state index in [4.69, 9.17) is 4.74 Å². The molecule has 3 heterocycles. The molecule has 1 aromatic rings. The monoisotopic (exact) mass is 312 g/mol. The molecule has 3 rings (SSSR count). The van der Waals surface area contributed by atoms with E-state index in [1.165, 1.54) is 6.26 Å². The number of piperidine rings is 1. The second kappa shape index (κ2) is 5.86. The zero-order valence-corrected chi connectivity index (χ0v) is 12.8. The molecule has 0 saturated carbocycles. The fourth-order valence-corrected chi connectivity index (χ4v) is 3.63. The van der Waals surface area contributed by atoms with Gasteiger partial charge in [-0.2, -0.15) is 0 Å². The lowest BCUT2D eigenvalue weighted by molar-refractivity contribution is 0.0930. The molecule has 1 aromatic heterocycles. The van der Waals surface area contributed by atoms with Crippen LogP contribution < -0.4 is 9.62 Å². The summed E-state index contributed by atoms with van der Waals surface area (Å²) in [5.74, 6) is 1.57. The molecule has 7 nitrogen and oxygen atoms in total. The van der Waals surface area contributed by atoms with E-state index in [0.717, 1.165) is 25.5 Å². The number of aromatic nitrogens is 2. The Morgan fingerprint density at radius 1 is 1.43 bits per heavy atom. The highest BCUT2D eigenvalue weighted by Crippen LogP contribution is 2.35. The Morgan fingerprint density at radius 2 is 2.19 bits per heavy atom. The van der Waals surface area contributed by atoms with E-state index < -0.39 is 10.0 Å². The van der Waals surface area contributed by atoms with Crippen LogP contribution in [0.15, 0.2) is 18.5 Å². The molecule has 0 radical (unpaired) electrons. The third-order valence-electron chi connectivity index (χ3n) is 4.18. The van der Waals surface area contributed by atoms with E-state index in [0.29, 0.717) is 25.0 Å². The summed E-state index contributed by atoms with van der Waals surface area (Å²) >= 11 is 0. The van der Waals surface area contributed by atoms with E-state index in [9.17, 15) is 8.42 Å². The molecular formula is C13H20N4O3S. The average molecular weight is 312 g/mol. The summed E-state index contributed by atoms with van der Waals surface area (Å²) in [5, 5.41) is 0. The fraction of sp³-hybridized carbons (Fsp3) is 0.692. The SMILES string of the molecule is CS(=O)(=O)NC[C@@H]1OC[C@@H]2CN(c3ncccn3)CC[C@@H]21. The van der Waals surface area contributed by atoms with Gasteiger partial charge >= 0.3 is 0 Å². The summed E-state index contributed by atoms with van der Waals surface area (Å²) in [4.78, 5) is 10.8.